The summed E-state index contributed by atoms with van der Waals surface area (Å²) in [7, 11) is 3.17. The van der Waals surface area contributed by atoms with Gasteiger partial charge in [-0.2, -0.15) is 0 Å². The van der Waals surface area contributed by atoms with Crippen LogP contribution in [0.4, 0.5) is 0 Å². The average Bonchev–Trinajstić information content (AvgIpc) is 2.41. The maximum atomic E-state index is 11.3. The quantitative estimate of drug-likeness (QED) is 0.896. The van der Waals surface area contributed by atoms with Gasteiger partial charge in [-0.1, -0.05) is 0 Å². The van der Waals surface area contributed by atoms with Gasteiger partial charge in [0.2, 0.25) is 0 Å². The van der Waals surface area contributed by atoms with Gasteiger partial charge >= 0.3 is 5.69 Å². The summed E-state index contributed by atoms with van der Waals surface area (Å²) in [5.74, 6) is 1.34. The summed E-state index contributed by atoms with van der Waals surface area (Å²) >= 11 is 0. The summed E-state index contributed by atoms with van der Waals surface area (Å²) in [6.45, 7) is 1.88. The highest BCUT2D eigenvalue weighted by molar-refractivity contribution is 5.70. The molecule has 0 amide bonds. The van der Waals surface area contributed by atoms with Crippen molar-refractivity contribution in [2.75, 3.05) is 14.2 Å². The van der Waals surface area contributed by atoms with Crippen molar-refractivity contribution in [3.63, 3.8) is 0 Å². The first-order valence-corrected chi connectivity index (χ1v) is 5.44. The van der Waals surface area contributed by atoms with Gasteiger partial charge in [0.1, 0.15) is 11.5 Å². The molecule has 2 rings (SSSR count). The molecule has 0 atom stereocenters. The van der Waals surface area contributed by atoms with Gasteiger partial charge in [-0.15, -0.1) is 0 Å². The molecule has 94 valence electrons. The van der Waals surface area contributed by atoms with Crippen LogP contribution in [0.5, 0.6) is 11.5 Å². The second-order valence-electron chi connectivity index (χ2n) is 3.81. The lowest BCUT2D eigenvalue weighted by molar-refractivity contribution is 0.395. The lowest BCUT2D eigenvalue weighted by atomic mass is 10.1. The third-order valence-electron chi connectivity index (χ3n) is 2.68. The lowest BCUT2D eigenvalue weighted by Crippen LogP contribution is -2.11. The van der Waals surface area contributed by atoms with Crippen LogP contribution in [0.1, 0.15) is 5.56 Å². The summed E-state index contributed by atoms with van der Waals surface area (Å²) in [4.78, 5) is 17.7. The lowest BCUT2D eigenvalue weighted by Gasteiger charge is -2.11. The van der Waals surface area contributed by atoms with Crippen LogP contribution in [0.3, 0.4) is 0 Å². The summed E-state index contributed by atoms with van der Waals surface area (Å²) in [6.07, 6.45) is 1.54. The van der Waals surface area contributed by atoms with Crippen LogP contribution in [-0.2, 0) is 0 Å². The van der Waals surface area contributed by atoms with Crippen molar-refractivity contribution in [3.05, 3.63) is 40.4 Å². The molecule has 2 aromatic rings. The van der Waals surface area contributed by atoms with Gasteiger partial charge in [0.15, 0.2) is 0 Å². The van der Waals surface area contributed by atoms with Crippen LogP contribution in [0.25, 0.3) is 11.3 Å². The Bertz CT molecular complexity index is 620. The van der Waals surface area contributed by atoms with Crippen molar-refractivity contribution >= 4 is 0 Å². The standard InChI is InChI=1S/C13H14N2O3/c1-8-7-14-13(16)15-12(8)10-5-4-9(17-2)6-11(10)18-3/h4-7H,1-3H3,(H,14,15,16). The summed E-state index contributed by atoms with van der Waals surface area (Å²) in [6, 6.07) is 5.43. The molecule has 0 bridgehead atoms. The summed E-state index contributed by atoms with van der Waals surface area (Å²) in [5, 5.41) is 0. The van der Waals surface area contributed by atoms with Gasteiger partial charge in [0.05, 0.1) is 19.9 Å². The number of aryl methyl sites for hydroxylation is 1. The first kappa shape index (κ1) is 12.2. The second-order valence-corrected chi connectivity index (χ2v) is 3.81. The largest absolute Gasteiger partial charge is 0.497 e. The molecule has 0 radical (unpaired) electrons. The highest BCUT2D eigenvalue weighted by Gasteiger charge is 2.10. The van der Waals surface area contributed by atoms with Gasteiger partial charge in [-0.05, 0) is 24.6 Å². The third-order valence-corrected chi connectivity index (χ3v) is 2.68. The van der Waals surface area contributed by atoms with Crippen molar-refractivity contribution in [1.82, 2.24) is 9.97 Å². The Kier molecular flexibility index (Phi) is 3.32. The molecule has 0 aliphatic carbocycles. The van der Waals surface area contributed by atoms with Gasteiger partial charge in [0.25, 0.3) is 0 Å². The number of benzene rings is 1. The average molecular weight is 246 g/mol. The zero-order chi connectivity index (χ0) is 13.1. The normalized spacial score (nSPS) is 10.2. The highest BCUT2D eigenvalue weighted by Crippen LogP contribution is 2.32. The molecule has 5 heteroatoms. The molecule has 18 heavy (non-hydrogen) atoms. The Labute approximate surface area is 104 Å². The van der Waals surface area contributed by atoms with Gasteiger partial charge in [-0.25, -0.2) is 9.78 Å². The van der Waals surface area contributed by atoms with E-state index in [-0.39, 0.29) is 5.69 Å². The van der Waals surface area contributed by atoms with Crippen LogP contribution in [0, 0.1) is 6.92 Å². The molecule has 1 N–H and O–H groups in total. The first-order valence-electron chi connectivity index (χ1n) is 5.44. The van der Waals surface area contributed by atoms with E-state index in [0.717, 1.165) is 11.1 Å². The van der Waals surface area contributed by atoms with Crippen molar-refractivity contribution in [2.24, 2.45) is 0 Å². The van der Waals surface area contributed by atoms with Gasteiger partial charge in [0, 0.05) is 17.8 Å². The number of hydrogen-bond donors (Lipinski definition) is 1. The predicted molar refractivity (Wildman–Crippen MR) is 68.1 cm³/mol. The molecule has 1 aromatic heterocycles. The fourth-order valence-corrected chi connectivity index (χ4v) is 1.74. The third kappa shape index (κ3) is 2.20. The fourth-order valence-electron chi connectivity index (χ4n) is 1.74. The number of hydrogen-bond acceptors (Lipinski definition) is 4. The predicted octanol–water partition coefficient (Wildman–Crippen LogP) is 1.76. The smallest absolute Gasteiger partial charge is 0.345 e. The van der Waals surface area contributed by atoms with Crippen molar-refractivity contribution in [3.8, 4) is 22.8 Å². The summed E-state index contributed by atoms with van der Waals surface area (Å²) in [5.41, 5.74) is 2.00. The van der Waals surface area contributed by atoms with E-state index in [4.69, 9.17) is 9.47 Å². The topological polar surface area (TPSA) is 64.2 Å². The van der Waals surface area contributed by atoms with Crippen molar-refractivity contribution < 1.29 is 9.47 Å². The van der Waals surface area contributed by atoms with E-state index < -0.39 is 0 Å². The zero-order valence-electron chi connectivity index (χ0n) is 10.5. The number of H-pyrrole nitrogens is 1. The minimum atomic E-state index is -0.381. The zero-order valence-corrected chi connectivity index (χ0v) is 10.5. The number of methoxy groups -OCH3 is 2. The molecule has 0 spiro atoms. The van der Waals surface area contributed by atoms with E-state index >= 15 is 0 Å². The number of nitrogens with zero attached hydrogens (tertiary/aromatic N) is 1. The van der Waals surface area contributed by atoms with Gasteiger partial charge in [-0.3, -0.25) is 0 Å². The molecule has 0 aliphatic heterocycles. The number of nitrogens with one attached hydrogen (secondary N) is 1. The van der Waals surface area contributed by atoms with E-state index in [0.29, 0.717) is 17.2 Å². The number of aromatic nitrogens is 2. The Morgan fingerprint density at radius 2 is 2.00 bits per heavy atom. The molecule has 0 saturated heterocycles. The molecule has 0 saturated carbocycles. The maximum Gasteiger partial charge on any atom is 0.345 e. The summed E-state index contributed by atoms with van der Waals surface area (Å²) < 4.78 is 10.5. The monoisotopic (exact) mass is 246 g/mol. The second kappa shape index (κ2) is 4.91. The van der Waals surface area contributed by atoms with Crippen molar-refractivity contribution in [1.29, 1.82) is 0 Å². The van der Waals surface area contributed by atoms with E-state index in [9.17, 15) is 4.79 Å². The van der Waals surface area contributed by atoms with Crippen LogP contribution in [0.2, 0.25) is 0 Å². The van der Waals surface area contributed by atoms with Crippen LogP contribution < -0.4 is 15.2 Å². The molecule has 1 heterocycles. The minimum Gasteiger partial charge on any atom is -0.497 e. The fraction of sp³-hybridized carbons (Fsp3) is 0.231. The molecule has 1 aromatic carbocycles. The minimum absolute atomic E-state index is 0.381. The Balaban J connectivity index is 2.63. The van der Waals surface area contributed by atoms with E-state index in [1.165, 1.54) is 6.20 Å². The molecular weight excluding hydrogens is 232 g/mol. The Hall–Kier alpha value is -2.30. The Morgan fingerprint density at radius 3 is 2.67 bits per heavy atom. The maximum absolute atomic E-state index is 11.3. The van der Waals surface area contributed by atoms with Crippen LogP contribution in [0.15, 0.2) is 29.2 Å². The molecule has 0 aliphatic rings. The first-order chi connectivity index (χ1) is 8.65. The SMILES string of the molecule is COc1ccc(-c2[nH]c(=O)ncc2C)c(OC)c1. The number of rotatable bonds is 3. The number of aromatic amines is 1. The van der Waals surface area contributed by atoms with Crippen LogP contribution >= 0.6 is 0 Å². The molecule has 0 fully saturated rings. The van der Waals surface area contributed by atoms with Gasteiger partial charge < -0.3 is 14.5 Å². The van der Waals surface area contributed by atoms with Crippen molar-refractivity contribution in [2.45, 2.75) is 6.92 Å². The van der Waals surface area contributed by atoms with E-state index in [1.807, 2.05) is 19.1 Å². The Morgan fingerprint density at radius 1 is 1.22 bits per heavy atom. The van der Waals surface area contributed by atoms with E-state index in [1.54, 1.807) is 20.3 Å². The number of ether oxygens (including phenoxy) is 2. The van der Waals surface area contributed by atoms with Crippen LogP contribution in [-0.4, -0.2) is 24.2 Å². The molecule has 0 unspecified atom stereocenters. The molecule has 5 nitrogen and oxygen atoms in total. The highest BCUT2D eigenvalue weighted by atomic mass is 16.5. The molecular formula is C13H14N2O3. The van der Waals surface area contributed by atoms with E-state index in [2.05, 4.69) is 9.97 Å².